The van der Waals surface area contributed by atoms with Crippen LogP contribution in [-0.4, -0.2) is 21.6 Å². The first-order chi connectivity index (χ1) is 10.5. The van der Waals surface area contributed by atoms with Crippen molar-refractivity contribution < 1.29 is 17.9 Å². The van der Waals surface area contributed by atoms with E-state index in [0.717, 1.165) is 5.56 Å². The van der Waals surface area contributed by atoms with E-state index in [0.29, 0.717) is 35.4 Å². The molecular weight excluding hydrogens is 326 g/mol. The molecule has 0 spiro atoms. The van der Waals surface area contributed by atoms with Crippen LogP contribution in [0.15, 0.2) is 41.3 Å². The molecule has 0 aromatic heterocycles. The summed E-state index contributed by atoms with van der Waals surface area (Å²) < 4.78 is 38.2. The highest BCUT2D eigenvalue weighted by Gasteiger charge is 2.19. The fourth-order valence-electron chi connectivity index (χ4n) is 2.06. The van der Waals surface area contributed by atoms with E-state index in [-0.39, 0.29) is 4.90 Å². The number of halogens is 1. The second-order valence-corrected chi connectivity index (χ2v) is 6.96. The number of rotatable bonds is 3. The van der Waals surface area contributed by atoms with Crippen molar-refractivity contribution in [3.63, 3.8) is 0 Å². The molecule has 0 radical (unpaired) electrons. The maximum atomic E-state index is 12.4. The molecular formula is C15H14ClNO4S. The average molecular weight is 340 g/mol. The van der Waals surface area contributed by atoms with Crippen LogP contribution in [0.25, 0.3) is 0 Å². The summed E-state index contributed by atoms with van der Waals surface area (Å²) in [6.45, 7) is 2.71. The van der Waals surface area contributed by atoms with Crippen molar-refractivity contribution >= 4 is 27.3 Å². The maximum Gasteiger partial charge on any atom is 0.262 e. The minimum absolute atomic E-state index is 0.105. The summed E-state index contributed by atoms with van der Waals surface area (Å²) in [5, 5.41) is 0.502. The minimum Gasteiger partial charge on any atom is -0.486 e. The van der Waals surface area contributed by atoms with E-state index in [1.165, 1.54) is 12.1 Å². The summed E-state index contributed by atoms with van der Waals surface area (Å²) in [5.41, 5.74) is 1.29. The molecule has 0 amide bonds. The molecule has 22 heavy (non-hydrogen) atoms. The molecule has 1 heterocycles. The van der Waals surface area contributed by atoms with Gasteiger partial charge in [0.05, 0.1) is 10.6 Å². The lowest BCUT2D eigenvalue weighted by molar-refractivity contribution is 0.171. The first-order valence-electron chi connectivity index (χ1n) is 6.64. The Labute approximate surface area is 133 Å². The molecule has 0 aliphatic carbocycles. The molecule has 7 heteroatoms. The summed E-state index contributed by atoms with van der Waals surface area (Å²) in [4.78, 5) is 0.105. The van der Waals surface area contributed by atoms with E-state index < -0.39 is 10.0 Å². The number of fused-ring (bicyclic) bond motifs is 1. The third-order valence-electron chi connectivity index (χ3n) is 3.25. The molecule has 5 nitrogen and oxygen atoms in total. The summed E-state index contributed by atoms with van der Waals surface area (Å²) >= 11 is 6.01. The van der Waals surface area contributed by atoms with Crippen molar-refractivity contribution in [3.8, 4) is 11.5 Å². The van der Waals surface area contributed by atoms with Crippen molar-refractivity contribution in [2.24, 2.45) is 0 Å². The van der Waals surface area contributed by atoms with Gasteiger partial charge in [-0.15, -0.1) is 0 Å². The highest BCUT2D eigenvalue weighted by Crippen LogP contribution is 2.33. The van der Waals surface area contributed by atoms with E-state index in [2.05, 4.69) is 4.72 Å². The van der Waals surface area contributed by atoms with Gasteiger partial charge in [-0.3, -0.25) is 4.72 Å². The molecule has 0 saturated carbocycles. The van der Waals surface area contributed by atoms with Crippen molar-refractivity contribution in [1.29, 1.82) is 0 Å². The van der Waals surface area contributed by atoms with Crippen molar-refractivity contribution in [2.45, 2.75) is 11.8 Å². The Morgan fingerprint density at radius 2 is 1.77 bits per heavy atom. The summed E-state index contributed by atoms with van der Waals surface area (Å²) in [6, 6.07) is 9.51. The fraction of sp³-hybridized carbons (Fsp3) is 0.200. The second-order valence-electron chi connectivity index (χ2n) is 4.87. The van der Waals surface area contributed by atoms with Gasteiger partial charge in [0, 0.05) is 11.1 Å². The van der Waals surface area contributed by atoms with Crippen LogP contribution in [-0.2, 0) is 10.0 Å². The molecule has 0 atom stereocenters. The largest absolute Gasteiger partial charge is 0.486 e. The number of hydrogen-bond acceptors (Lipinski definition) is 4. The van der Waals surface area contributed by atoms with Gasteiger partial charge in [-0.05, 0) is 36.8 Å². The molecule has 0 unspecified atom stereocenters. The lowest BCUT2D eigenvalue weighted by Gasteiger charge is -2.19. The number of anilines is 1. The first kappa shape index (κ1) is 15.0. The van der Waals surface area contributed by atoms with E-state index in [9.17, 15) is 8.42 Å². The van der Waals surface area contributed by atoms with E-state index >= 15 is 0 Å². The number of aryl methyl sites for hydroxylation is 1. The van der Waals surface area contributed by atoms with Crippen LogP contribution < -0.4 is 14.2 Å². The van der Waals surface area contributed by atoms with Gasteiger partial charge < -0.3 is 9.47 Å². The van der Waals surface area contributed by atoms with Crippen LogP contribution in [0.2, 0.25) is 5.02 Å². The third kappa shape index (κ3) is 2.98. The Morgan fingerprint density at radius 3 is 2.50 bits per heavy atom. The van der Waals surface area contributed by atoms with Crippen molar-refractivity contribution in [2.75, 3.05) is 17.9 Å². The SMILES string of the molecule is Cc1ccc(NS(=O)(=O)c2ccc3c(c2)OCCO3)cc1Cl. The first-order valence-corrected chi connectivity index (χ1v) is 8.50. The van der Waals surface area contributed by atoms with Gasteiger partial charge in [0.2, 0.25) is 0 Å². The number of ether oxygens (including phenoxy) is 2. The zero-order chi connectivity index (χ0) is 15.7. The van der Waals surface area contributed by atoms with Crippen LogP contribution in [0.3, 0.4) is 0 Å². The Bertz CT molecular complexity index is 820. The van der Waals surface area contributed by atoms with Gasteiger partial charge in [0.15, 0.2) is 11.5 Å². The smallest absolute Gasteiger partial charge is 0.262 e. The molecule has 1 N–H and O–H groups in total. The van der Waals surface area contributed by atoms with E-state index in [4.69, 9.17) is 21.1 Å². The van der Waals surface area contributed by atoms with Gasteiger partial charge in [-0.2, -0.15) is 0 Å². The Kier molecular flexibility index (Phi) is 3.88. The number of hydrogen-bond donors (Lipinski definition) is 1. The molecule has 2 aromatic carbocycles. The Morgan fingerprint density at radius 1 is 1.05 bits per heavy atom. The molecule has 2 aromatic rings. The third-order valence-corrected chi connectivity index (χ3v) is 5.03. The van der Waals surface area contributed by atoms with Crippen LogP contribution in [0, 0.1) is 6.92 Å². The fourth-order valence-corrected chi connectivity index (χ4v) is 3.31. The summed E-state index contributed by atoms with van der Waals surface area (Å²) in [7, 11) is -3.72. The molecule has 1 aliphatic rings. The summed E-state index contributed by atoms with van der Waals surface area (Å²) in [5.74, 6) is 0.972. The average Bonchev–Trinajstić information content (AvgIpc) is 2.50. The molecule has 0 bridgehead atoms. The predicted molar refractivity (Wildman–Crippen MR) is 84.4 cm³/mol. The number of benzene rings is 2. The molecule has 0 fully saturated rings. The Balaban J connectivity index is 1.90. The molecule has 0 saturated heterocycles. The molecule has 3 rings (SSSR count). The van der Waals surface area contributed by atoms with Gasteiger partial charge in [0.1, 0.15) is 13.2 Å². The van der Waals surface area contributed by atoms with Crippen LogP contribution >= 0.6 is 11.6 Å². The van der Waals surface area contributed by atoms with E-state index in [1.54, 1.807) is 24.3 Å². The summed E-state index contributed by atoms with van der Waals surface area (Å²) in [6.07, 6.45) is 0. The second kappa shape index (κ2) is 5.70. The van der Waals surface area contributed by atoms with Gasteiger partial charge in [0.25, 0.3) is 10.0 Å². The van der Waals surface area contributed by atoms with Crippen molar-refractivity contribution in [3.05, 3.63) is 47.0 Å². The molecule has 116 valence electrons. The monoisotopic (exact) mass is 339 g/mol. The highest BCUT2D eigenvalue weighted by atomic mass is 35.5. The van der Waals surface area contributed by atoms with Gasteiger partial charge in [-0.1, -0.05) is 17.7 Å². The lowest BCUT2D eigenvalue weighted by atomic mass is 10.2. The number of nitrogens with one attached hydrogen (secondary N) is 1. The van der Waals surface area contributed by atoms with Gasteiger partial charge in [-0.25, -0.2) is 8.42 Å². The normalized spacial score (nSPS) is 13.7. The Hall–Kier alpha value is -1.92. The standard InChI is InChI=1S/C15H14ClNO4S/c1-10-2-3-11(8-13(10)16)17-22(18,19)12-4-5-14-15(9-12)21-7-6-20-14/h2-5,8-9,17H,6-7H2,1H3. The minimum atomic E-state index is -3.72. The topological polar surface area (TPSA) is 64.6 Å². The van der Waals surface area contributed by atoms with Crippen LogP contribution in [0.1, 0.15) is 5.56 Å². The quantitative estimate of drug-likeness (QED) is 0.932. The number of sulfonamides is 1. The zero-order valence-corrected chi connectivity index (χ0v) is 13.4. The van der Waals surface area contributed by atoms with Gasteiger partial charge >= 0.3 is 0 Å². The zero-order valence-electron chi connectivity index (χ0n) is 11.8. The van der Waals surface area contributed by atoms with Crippen molar-refractivity contribution in [1.82, 2.24) is 0 Å². The van der Waals surface area contributed by atoms with E-state index in [1.807, 2.05) is 6.92 Å². The van der Waals surface area contributed by atoms with Crippen LogP contribution in [0.4, 0.5) is 5.69 Å². The van der Waals surface area contributed by atoms with Crippen LogP contribution in [0.5, 0.6) is 11.5 Å². The lowest BCUT2D eigenvalue weighted by Crippen LogP contribution is -2.17. The molecule has 1 aliphatic heterocycles. The highest BCUT2D eigenvalue weighted by molar-refractivity contribution is 7.92. The predicted octanol–water partition coefficient (Wildman–Crippen LogP) is 3.22. The maximum absolute atomic E-state index is 12.4.